The van der Waals surface area contributed by atoms with E-state index in [0.717, 1.165) is 11.1 Å². The molecule has 23 heavy (non-hydrogen) atoms. The topological polar surface area (TPSA) is 37.4 Å². The van der Waals surface area contributed by atoms with Crippen LogP contribution in [0.4, 0.5) is 4.39 Å². The van der Waals surface area contributed by atoms with E-state index in [1.807, 2.05) is 6.07 Å². The van der Waals surface area contributed by atoms with Crippen LogP contribution in [0, 0.1) is 5.82 Å². The van der Waals surface area contributed by atoms with Crippen molar-refractivity contribution in [3.63, 3.8) is 0 Å². The third-order valence-electron chi connectivity index (χ3n) is 4.09. The first kappa shape index (κ1) is 15.4. The van der Waals surface area contributed by atoms with Gasteiger partial charge in [0.25, 0.3) is 11.8 Å². The van der Waals surface area contributed by atoms with Crippen molar-refractivity contribution < 1.29 is 14.0 Å². The normalized spacial score (nSPS) is 14.3. The molecular formula is C19H18FNO2. The quantitative estimate of drug-likeness (QED) is 0.788. The Morgan fingerprint density at radius 1 is 0.913 bits per heavy atom. The highest BCUT2D eigenvalue weighted by molar-refractivity contribution is 6.21. The maximum absolute atomic E-state index is 13.0. The lowest BCUT2D eigenvalue weighted by Gasteiger charge is -2.19. The van der Waals surface area contributed by atoms with E-state index in [1.54, 1.807) is 24.3 Å². The van der Waals surface area contributed by atoms with Crippen LogP contribution < -0.4 is 0 Å². The van der Waals surface area contributed by atoms with E-state index >= 15 is 0 Å². The molecule has 1 aliphatic rings. The predicted octanol–water partition coefficient (Wildman–Crippen LogP) is 3.92. The second-order valence-corrected chi connectivity index (χ2v) is 6.83. The van der Waals surface area contributed by atoms with Crippen molar-refractivity contribution in [1.29, 1.82) is 0 Å². The molecule has 0 saturated heterocycles. The van der Waals surface area contributed by atoms with E-state index in [4.69, 9.17) is 0 Å². The second-order valence-electron chi connectivity index (χ2n) is 6.83. The van der Waals surface area contributed by atoms with Crippen molar-refractivity contribution in [2.45, 2.75) is 32.7 Å². The summed E-state index contributed by atoms with van der Waals surface area (Å²) in [6, 6.07) is 11.2. The van der Waals surface area contributed by atoms with E-state index in [0.29, 0.717) is 11.1 Å². The first-order valence-electron chi connectivity index (χ1n) is 7.52. The fourth-order valence-corrected chi connectivity index (χ4v) is 2.67. The van der Waals surface area contributed by atoms with Crippen molar-refractivity contribution in [2.24, 2.45) is 0 Å². The van der Waals surface area contributed by atoms with Crippen LogP contribution in [0.25, 0.3) is 0 Å². The maximum Gasteiger partial charge on any atom is 0.261 e. The average Bonchev–Trinajstić information content (AvgIpc) is 2.73. The zero-order valence-corrected chi connectivity index (χ0v) is 13.4. The van der Waals surface area contributed by atoms with Crippen LogP contribution >= 0.6 is 0 Å². The number of imide groups is 1. The Bertz CT molecular complexity index is 788. The third kappa shape index (κ3) is 2.77. The molecule has 0 spiro atoms. The van der Waals surface area contributed by atoms with E-state index in [9.17, 15) is 14.0 Å². The minimum Gasteiger partial charge on any atom is -0.270 e. The Morgan fingerprint density at radius 3 is 2.13 bits per heavy atom. The van der Waals surface area contributed by atoms with Crippen LogP contribution in [-0.4, -0.2) is 16.7 Å². The number of hydrogen-bond acceptors (Lipinski definition) is 2. The third-order valence-corrected chi connectivity index (χ3v) is 4.09. The molecule has 4 heteroatoms. The second kappa shape index (κ2) is 5.30. The van der Waals surface area contributed by atoms with Crippen molar-refractivity contribution in [3.8, 4) is 0 Å². The number of carbonyl (C=O) groups excluding carboxylic acids is 2. The first-order valence-corrected chi connectivity index (χ1v) is 7.52. The van der Waals surface area contributed by atoms with Gasteiger partial charge in [-0.05, 0) is 40.8 Å². The molecule has 2 aromatic carbocycles. The molecule has 0 aliphatic carbocycles. The molecule has 0 fully saturated rings. The van der Waals surface area contributed by atoms with Crippen LogP contribution in [0.3, 0.4) is 0 Å². The summed E-state index contributed by atoms with van der Waals surface area (Å²) in [5.41, 5.74) is 2.52. The number of benzene rings is 2. The van der Waals surface area contributed by atoms with Crippen molar-refractivity contribution in [2.75, 3.05) is 0 Å². The SMILES string of the molecule is CC(C)(C)c1ccc2c(c1)C(=O)N(Cc1ccc(F)cc1)C2=O. The summed E-state index contributed by atoms with van der Waals surface area (Å²) in [6.45, 7) is 6.34. The summed E-state index contributed by atoms with van der Waals surface area (Å²) in [5.74, 6) is -0.930. The largest absolute Gasteiger partial charge is 0.270 e. The van der Waals surface area contributed by atoms with Gasteiger partial charge in [-0.25, -0.2) is 4.39 Å². The molecule has 2 amide bonds. The predicted molar refractivity (Wildman–Crippen MR) is 85.7 cm³/mol. The van der Waals surface area contributed by atoms with E-state index in [1.165, 1.54) is 17.0 Å². The van der Waals surface area contributed by atoms with Crippen LogP contribution in [-0.2, 0) is 12.0 Å². The van der Waals surface area contributed by atoms with Gasteiger partial charge in [0.05, 0.1) is 17.7 Å². The number of carbonyl (C=O) groups is 2. The number of halogens is 1. The maximum atomic E-state index is 13.0. The Morgan fingerprint density at radius 2 is 1.52 bits per heavy atom. The molecule has 0 radical (unpaired) electrons. The Labute approximate surface area is 134 Å². The van der Waals surface area contributed by atoms with Crippen LogP contribution in [0.1, 0.15) is 52.6 Å². The molecule has 0 aromatic heterocycles. The molecule has 0 N–H and O–H groups in total. The van der Waals surface area contributed by atoms with Gasteiger partial charge in [0, 0.05) is 0 Å². The monoisotopic (exact) mass is 311 g/mol. The number of nitrogens with zero attached hydrogens (tertiary/aromatic N) is 1. The van der Waals surface area contributed by atoms with Gasteiger partial charge in [-0.1, -0.05) is 39.0 Å². The van der Waals surface area contributed by atoms with E-state index in [2.05, 4.69) is 20.8 Å². The summed E-state index contributed by atoms with van der Waals surface area (Å²) in [7, 11) is 0. The molecule has 0 atom stereocenters. The average molecular weight is 311 g/mol. The molecule has 0 saturated carbocycles. The summed E-state index contributed by atoms with van der Waals surface area (Å²) in [4.78, 5) is 26.3. The minimum absolute atomic E-state index is 0.0945. The Hall–Kier alpha value is -2.49. The fraction of sp³-hybridized carbons (Fsp3) is 0.263. The van der Waals surface area contributed by atoms with Gasteiger partial charge in [0.15, 0.2) is 0 Å². The molecule has 3 rings (SSSR count). The van der Waals surface area contributed by atoms with Gasteiger partial charge in [-0.2, -0.15) is 0 Å². The number of fused-ring (bicyclic) bond motifs is 1. The minimum atomic E-state index is -0.342. The lowest BCUT2D eigenvalue weighted by molar-refractivity contribution is 0.0642. The standard InChI is InChI=1S/C19H18FNO2/c1-19(2,3)13-6-9-15-16(10-13)18(23)21(17(15)22)11-12-4-7-14(20)8-5-12/h4-10H,11H2,1-3H3. The molecular weight excluding hydrogens is 293 g/mol. The molecule has 0 bridgehead atoms. The molecule has 1 heterocycles. The van der Waals surface area contributed by atoms with Crippen molar-refractivity contribution >= 4 is 11.8 Å². The lowest BCUT2D eigenvalue weighted by atomic mass is 9.85. The fourth-order valence-electron chi connectivity index (χ4n) is 2.67. The number of amides is 2. The van der Waals surface area contributed by atoms with Gasteiger partial charge >= 0.3 is 0 Å². The Balaban J connectivity index is 1.92. The number of hydrogen-bond donors (Lipinski definition) is 0. The highest BCUT2D eigenvalue weighted by Crippen LogP contribution is 2.30. The molecule has 3 nitrogen and oxygen atoms in total. The van der Waals surface area contributed by atoms with Crippen molar-refractivity contribution in [3.05, 3.63) is 70.5 Å². The highest BCUT2D eigenvalue weighted by atomic mass is 19.1. The van der Waals surface area contributed by atoms with Gasteiger partial charge < -0.3 is 0 Å². The summed E-state index contributed by atoms with van der Waals surface area (Å²) in [6.07, 6.45) is 0. The molecule has 1 aliphatic heterocycles. The summed E-state index contributed by atoms with van der Waals surface area (Å²) >= 11 is 0. The smallest absolute Gasteiger partial charge is 0.261 e. The van der Waals surface area contributed by atoms with Gasteiger partial charge in [0.1, 0.15) is 5.82 Å². The zero-order valence-electron chi connectivity index (χ0n) is 13.4. The van der Waals surface area contributed by atoms with Crippen molar-refractivity contribution in [1.82, 2.24) is 4.90 Å². The lowest BCUT2D eigenvalue weighted by Crippen LogP contribution is -2.29. The zero-order chi connectivity index (χ0) is 16.8. The molecule has 0 unspecified atom stereocenters. The van der Waals surface area contributed by atoms with Crippen LogP contribution in [0.5, 0.6) is 0 Å². The first-order chi connectivity index (χ1) is 10.8. The van der Waals surface area contributed by atoms with Crippen LogP contribution in [0.2, 0.25) is 0 Å². The Kier molecular flexibility index (Phi) is 3.55. The van der Waals surface area contributed by atoms with Crippen LogP contribution in [0.15, 0.2) is 42.5 Å². The molecule has 2 aromatic rings. The summed E-state index contributed by atoms with van der Waals surface area (Å²) in [5, 5.41) is 0. The highest BCUT2D eigenvalue weighted by Gasteiger charge is 2.36. The van der Waals surface area contributed by atoms with Gasteiger partial charge in [-0.15, -0.1) is 0 Å². The van der Waals surface area contributed by atoms with Gasteiger partial charge in [-0.3, -0.25) is 14.5 Å². The number of rotatable bonds is 2. The van der Waals surface area contributed by atoms with E-state index < -0.39 is 0 Å². The van der Waals surface area contributed by atoms with E-state index in [-0.39, 0.29) is 29.6 Å². The molecule has 118 valence electrons. The summed E-state index contributed by atoms with van der Waals surface area (Å²) < 4.78 is 13.0. The van der Waals surface area contributed by atoms with Gasteiger partial charge in [0.2, 0.25) is 0 Å².